The molecule has 3 nitrogen and oxygen atoms in total. The van der Waals surface area contributed by atoms with Crippen molar-refractivity contribution < 1.29 is 14.3 Å². The molecule has 0 saturated heterocycles. The monoisotopic (exact) mass is 318 g/mol. The first-order valence-corrected chi connectivity index (χ1v) is 6.52. The lowest BCUT2D eigenvalue weighted by Gasteiger charge is -2.07. The van der Waals surface area contributed by atoms with Crippen LogP contribution in [0.3, 0.4) is 0 Å². The lowest BCUT2D eigenvalue weighted by Crippen LogP contribution is -2.05. The maximum atomic E-state index is 11.2. The maximum Gasteiger partial charge on any atom is 0.334 e. The molecule has 0 atom stereocenters. The molecule has 1 aromatic carbocycles. The minimum absolute atomic E-state index is 0.335. The van der Waals surface area contributed by atoms with Gasteiger partial charge in [-0.25, -0.2) is 4.79 Å². The average Bonchev–Trinajstić information content (AvgIpc) is 2.28. The van der Waals surface area contributed by atoms with Crippen LogP contribution in [0.4, 0.5) is 0 Å². The highest BCUT2D eigenvalue weighted by atomic mass is 79.9. The van der Waals surface area contributed by atoms with Crippen LogP contribution in [-0.2, 0) is 9.53 Å². The number of rotatable bonds is 5. The first-order valence-electron chi connectivity index (χ1n) is 5.02. The Labute approximate surface area is 113 Å². The molecular weight excluding hydrogens is 307 g/mol. The van der Waals surface area contributed by atoms with Crippen molar-refractivity contribution in [3.8, 4) is 5.75 Å². The van der Waals surface area contributed by atoms with Crippen molar-refractivity contribution in [1.82, 2.24) is 0 Å². The first-order chi connectivity index (χ1) is 8.15. The molecule has 0 saturated carbocycles. The van der Waals surface area contributed by atoms with E-state index in [1.54, 1.807) is 31.2 Å². The molecular formula is C12H12BrClO3. The van der Waals surface area contributed by atoms with Crippen molar-refractivity contribution in [2.45, 2.75) is 6.92 Å². The van der Waals surface area contributed by atoms with Crippen molar-refractivity contribution in [2.75, 3.05) is 11.9 Å². The topological polar surface area (TPSA) is 35.5 Å². The third-order valence-corrected chi connectivity index (χ3v) is 2.53. The van der Waals surface area contributed by atoms with Gasteiger partial charge in [0.1, 0.15) is 11.5 Å². The Morgan fingerprint density at radius 1 is 1.53 bits per heavy atom. The Hall–Kier alpha value is -1.00. The minimum atomic E-state index is -0.427. The van der Waals surface area contributed by atoms with Gasteiger partial charge in [0.2, 0.25) is 0 Å². The van der Waals surface area contributed by atoms with Crippen molar-refractivity contribution in [3.05, 3.63) is 41.1 Å². The summed E-state index contributed by atoms with van der Waals surface area (Å²) < 4.78 is 10.3. The molecule has 0 aliphatic carbocycles. The SMILES string of the molecule is CCOC(=O)/C=C(\CBr)Oc1cccc(Cl)c1. The van der Waals surface area contributed by atoms with Crippen LogP contribution < -0.4 is 4.74 Å². The summed E-state index contributed by atoms with van der Waals surface area (Å²) in [5, 5.41) is 0.991. The van der Waals surface area contributed by atoms with Crippen LogP contribution in [0.1, 0.15) is 6.92 Å². The van der Waals surface area contributed by atoms with Gasteiger partial charge < -0.3 is 9.47 Å². The Morgan fingerprint density at radius 3 is 2.88 bits per heavy atom. The van der Waals surface area contributed by atoms with Crippen molar-refractivity contribution in [1.29, 1.82) is 0 Å². The largest absolute Gasteiger partial charge is 0.463 e. The molecule has 92 valence electrons. The average molecular weight is 320 g/mol. The molecule has 0 bridgehead atoms. The maximum absolute atomic E-state index is 11.2. The van der Waals surface area contributed by atoms with E-state index in [1.807, 2.05) is 0 Å². The fourth-order valence-electron chi connectivity index (χ4n) is 1.09. The smallest absolute Gasteiger partial charge is 0.334 e. The molecule has 17 heavy (non-hydrogen) atoms. The lowest BCUT2D eigenvalue weighted by atomic mass is 10.3. The predicted molar refractivity (Wildman–Crippen MR) is 70.6 cm³/mol. The van der Waals surface area contributed by atoms with Crippen molar-refractivity contribution >= 4 is 33.5 Å². The highest BCUT2D eigenvalue weighted by Gasteiger charge is 2.04. The van der Waals surface area contributed by atoms with E-state index in [2.05, 4.69) is 15.9 Å². The molecule has 0 amide bonds. The molecule has 5 heteroatoms. The van der Waals surface area contributed by atoms with E-state index in [-0.39, 0.29) is 0 Å². The van der Waals surface area contributed by atoms with Crippen LogP contribution in [0, 0.1) is 0 Å². The molecule has 0 fully saturated rings. The van der Waals surface area contributed by atoms with Crippen LogP contribution in [0.2, 0.25) is 5.02 Å². The highest BCUT2D eigenvalue weighted by Crippen LogP contribution is 2.19. The molecule has 0 aliphatic heterocycles. The Balaban J connectivity index is 2.73. The number of carbonyl (C=O) groups excluding carboxylic acids is 1. The molecule has 1 aromatic rings. The van der Waals surface area contributed by atoms with Crippen LogP contribution >= 0.6 is 27.5 Å². The van der Waals surface area contributed by atoms with Crippen LogP contribution in [0.5, 0.6) is 5.75 Å². The Kier molecular flexibility index (Phi) is 6.08. The summed E-state index contributed by atoms with van der Waals surface area (Å²) in [7, 11) is 0. The third-order valence-electron chi connectivity index (χ3n) is 1.74. The van der Waals surface area contributed by atoms with Gasteiger partial charge >= 0.3 is 5.97 Å². The van der Waals surface area contributed by atoms with E-state index in [9.17, 15) is 4.79 Å². The molecule has 0 radical (unpaired) electrons. The van der Waals surface area contributed by atoms with E-state index >= 15 is 0 Å². The fourth-order valence-corrected chi connectivity index (χ4v) is 1.55. The number of hydrogen-bond acceptors (Lipinski definition) is 3. The number of hydrogen-bond donors (Lipinski definition) is 0. The Morgan fingerprint density at radius 2 is 2.29 bits per heavy atom. The molecule has 0 unspecified atom stereocenters. The number of ether oxygens (including phenoxy) is 2. The first kappa shape index (κ1) is 14.1. The Bertz CT molecular complexity index is 418. The van der Waals surface area contributed by atoms with E-state index < -0.39 is 5.97 Å². The molecule has 0 N–H and O–H groups in total. The molecule has 0 heterocycles. The number of carbonyl (C=O) groups is 1. The normalized spacial score (nSPS) is 11.1. The van der Waals surface area contributed by atoms with Gasteiger partial charge in [0, 0.05) is 5.02 Å². The zero-order valence-electron chi connectivity index (χ0n) is 9.28. The molecule has 0 aliphatic rings. The predicted octanol–water partition coefficient (Wildman–Crippen LogP) is 3.56. The van der Waals surface area contributed by atoms with Crippen LogP contribution in [0.15, 0.2) is 36.1 Å². The van der Waals surface area contributed by atoms with Gasteiger partial charge in [0.25, 0.3) is 0 Å². The number of alkyl halides is 1. The zero-order chi connectivity index (χ0) is 12.7. The number of benzene rings is 1. The van der Waals surface area contributed by atoms with E-state index in [1.165, 1.54) is 6.08 Å². The minimum Gasteiger partial charge on any atom is -0.463 e. The van der Waals surface area contributed by atoms with E-state index in [4.69, 9.17) is 21.1 Å². The second kappa shape index (κ2) is 7.35. The zero-order valence-corrected chi connectivity index (χ0v) is 11.6. The van der Waals surface area contributed by atoms with Gasteiger partial charge in [-0.3, -0.25) is 0 Å². The van der Waals surface area contributed by atoms with Gasteiger partial charge in [0.05, 0.1) is 18.0 Å². The summed E-state index contributed by atoms with van der Waals surface area (Å²) in [5.41, 5.74) is 0. The number of esters is 1. The summed E-state index contributed by atoms with van der Waals surface area (Å²) >= 11 is 9.06. The van der Waals surface area contributed by atoms with Gasteiger partial charge in [-0.15, -0.1) is 0 Å². The fraction of sp³-hybridized carbons (Fsp3) is 0.250. The van der Waals surface area contributed by atoms with Gasteiger partial charge in [-0.05, 0) is 25.1 Å². The van der Waals surface area contributed by atoms with Gasteiger partial charge in [0.15, 0.2) is 0 Å². The standard InChI is InChI=1S/C12H12BrClO3/c1-2-16-12(15)7-11(8-13)17-10-5-3-4-9(14)6-10/h3-7H,2,8H2,1H3/b11-7+. The van der Waals surface area contributed by atoms with Crippen molar-refractivity contribution in [3.63, 3.8) is 0 Å². The van der Waals surface area contributed by atoms with E-state index in [0.717, 1.165) is 0 Å². The third kappa shape index (κ3) is 5.24. The van der Waals surface area contributed by atoms with Gasteiger partial charge in [-0.2, -0.15) is 0 Å². The molecule has 1 rings (SSSR count). The van der Waals surface area contributed by atoms with Crippen molar-refractivity contribution in [2.24, 2.45) is 0 Å². The summed E-state index contributed by atoms with van der Waals surface area (Å²) in [6, 6.07) is 6.95. The lowest BCUT2D eigenvalue weighted by molar-refractivity contribution is -0.137. The summed E-state index contributed by atoms with van der Waals surface area (Å²) in [6.07, 6.45) is 1.30. The second-order valence-electron chi connectivity index (χ2n) is 3.06. The second-order valence-corrected chi connectivity index (χ2v) is 4.05. The number of halogens is 2. The van der Waals surface area contributed by atoms with E-state index in [0.29, 0.717) is 28.5 Å². The van der Waals surface area contributed by atoms with Crippen LogP contribution in [0.25, 0.3) is 0 Å². The molecule has 0 spiro atoms. The van der Waals surface area contributed by atoms with Gasteiger partial charge in [-0.1, -0.05) is 33.6 Å². The summed E-state index contributed by atoms with van der Waals surface area (Å²) in [6.45, 7) is 2.08. The summed E-state index contributed by atoms with van der Waals surface area (Å²) in [4.78, 5) is 11.2. The summed E-state index contributed by atoms with van der Waals surface area (Å²) in [5.74, 6) is 0.613. The highest BCUT2D eigenvalue weighted by molar-refractivity contribution is 9.09. The number of allylic oxidation sites excluding steroid dienone is 1. The van der Waals surface area contributed by atoms with Crippen LogP contribution in [-0.4, -0.2) is 17.9 Å². The molecule has 0 aromatic heterocycles. The quantitative estimate of drug-likeness (QED) is 0.360.